The number of aromatic nitrogens is 2. The van der Waals surface area contributed by atoms with Crippen LogP contribution in [0.15, 0.2) is 75.5 Å². The third-order valence-electron chi connectivity index (χ3n) is 4.96. The van der Waals surface area contributed by atoms with Crippen molar-refractivity contribution >= 4 is 11.8 Å². The molecular formula is C23H21N3O5. The normalized spacial score (nSPS) is 15.1. The average molecular weight is 419 g/mol. The van der Waals surface area contributed by atoms with Crippen LogP contribution in [-0.4, -0.2) is 22.5 Å². The summed E-state index contributed by atoms with van der Waals surface area (Å²) < 4.78 is 11.1. The monoisotopic (exact) mass is 419 g/mol. The van der Waals surface area contributed by atoms with Gasteiger partial charge in [-0.1, -0.05) is 30.3 Å². The summed E-state index contributed by atoms with van der Waals surface area (Å²) in [7, 11) is 0. The minimum Gasteiger partial charge on any atom is -0.463 e. The molecule has 0 bridgehead atoms. The first-order valence-electron chi connectivity index (χ1n) is 9.82. The fraction of sp³-hybridized carbons (Fsp3) is 0.174. The number of carbonyl (C=O) groups excluding carboxylic acids is 1. The van der Waals surface area contributed by atoms with Crippen molar-refractivity contribution in [2.24, 2.45) is 0 Å². The van der Waals surface area contributed by atoms with Crippen molar-refractivity contribution in [3.05, 3.63) is 97.8 Å². The van der Waals surface area contributed by atoms with Crippen LogP contribution in [-0.2, 0) is 9.53 Å². The molecule has 1 unspecified atom stereocenters. The number of aromatic amines is 2. The van der Waals surface area contributed by atoms with E-state index in [0.29, 0.717) is 28.3 Å². The van der Waals surface area contributed by atoms with Crippen LogP contribution in [0.1, 0.15) is 30.9 Å². The Balaban J connectivity index is 1.79. The number of hydrogen-bond donors (Lipinski definition) is 3. The highest BCUT2D eigenvalue weighted by Crippen LogP contribution is 2.39. The molecular weight excluding hydrogens is 398 g/mol. The zero-order valence-electron chi connectivity index (χ0n) is 17.0. The molecule has 1 aliphatic rings. The van der Waals surface area contributed by atoms with E-state index in [-0.39, 0.29) is 18.0 Å². The molecule has 0 saturated heterocycles. The van der Waals surface area contributed by atoms with Crippen molar-refractivity contribution in [1.82, 2.24) is 9.97 Å². The number of benzene rings is 2. The molecule has 3 aromatic rings. The summed E-state index contributed by atoms with van der Waals surface area (Å²) in [6, 6.07) is 16.5. The van der Waals surface area contributed by atoms with Gasteiger partial charge in [0.15, 0.2) is 0 Å². The standard InChI is InChI=1S/C23H21N3O5/c1-3-30-22(28)17-13(2)24-20-19(21(27)26-23(29)25-20)18(17)14-9-11-16(12-10-14)31-15-7-5-4-6-8-15/h4-12,18H,3H2,1-2H3,(H3,24,25,26,27,29). The summed E-state index contributed by atoms with van der Waals surface area (Å²) in [6.07, 6.45) is 0. The predicted molar refractivity (Wildman–Crippen MR) is 115 cm³/mol. The summed E-state index contributed by atoms with van der Waals surface area (Å²) in [5.74, 6) is 0.311. The second kappa shape index (κ2) is 8.35. The number of nitrogens with one attached hydrogen (secondary N) is 3. The van der Waals surface area contributed by atoms with Gasteiger partial charge in [-0.2, -0.15) is 0 Å². The fourth-order valence-electron chi connectivity index (χ4n) is 3.65. The molecule has 2 heterocycles. The molecule has 0 aliphatic carbocycles. The number of fused-ring (bicyclic) bond motifs is 1. The van der Waals surface area contributed by atoms with Gasteiger partial charge in [0.05, 0.1) is 23.7 Å². The zero-order valence-corrected chi connectivity index (χ0v) is 17.0. The molecule has 8 nitrogen and oxygen atoms in total. The van der Waals surface area contributed by atoms with Crippen LogP contribution in [0.4, 0.5) is 5.82 Å². The summed E-state index contributed by atoms with van der Waals surface area (Å²) in [4.78, 5) is 42.1. The molecule has 0 saturated carbocycles. The molecule has 1 aliphatic heterocycles. The van der Waals surface area contributed by atoms with Gasteiger partial charge in [-0.3, -0.25) is 14.8 Å². The number of para-hydroxylation sites is 1. The molecule has 2 aromatic carbocycles. The molecule has 3 N–H and O–H groups in total. The first kappa shape index (κ1) is 20.2. The van der Waals surface area contributed by atoms with E-state index in [1.165, 1.54) is 0 Å². The van der Waals surface area contributed by atoms with Crippen molar-refractivity contribution in [2.75, 3.05) is 11.9 Å². The molecule has 1 aromatic heterocycles. The first-order chi connectivity index (χ1) is 15.0. The van der Waals surface area contributed by atoms with E-state index < -0.39 is 23.1 Å². The highest BCUT2D eigenvalue weighted by atomic mass is 16.5. The van der Waals surface area contributed by atoms with Crippen molar-refractivity contribution in [3.8, 4) is 11.5 Å². The SMILES string of the molecule is CCOC(=O)C1=C(C)Nc2[nH]c(=O)[nH]c(=O)c2C1c1ccc(Oc2ccccc2)cc1. The lowest BCUT2D eigenvalue weighted by Gasteiger charge is -2.28. The van der Waals surface area contributed by atoms with Gasteiger partial charge in [0.1, 0.15) is 17.3 Å². The van der Waals surface area contributed by atoms with Crippen LogP contribution < -0.4 is 21.3 Å². The zero-order chi connectivity index (χ0) is 22.0. The summed E-state index contributed by atoms with van der Waals surface area (Å²) in [6.45, 7) is 3.61. The Morgan fingerprint density at radius 3 is 2.32 bits per heavy atom. The molecule has 31 heavy (non-hydrogen) atoms. The third kappa shape index (κ3) is 4.00. The Kier molecular flexibility index (Phi) is 5.44. The third-order valence-corrected chi connectivity index (χ3v) is 4.96. The van der Waals surface area contributed by atoms with Crippen LogP contribution in [0.25, 0.3) is 0 Å². The Morgan fingerprint density at radius 1 is 0.968 bits per heavy atom. The molecule has 1 atom stereocenters. The minimum absolute atomic E-state index is 0.195. The summed E-state index contributed by atoms with van der Waals surface area (Å²) in [5.41, 5.74) is 0.530. The second-order valence-electron chi connectivity index (χ2n) is 7.00. The van der Waals surface area contributed by atoms with E-state index in [4.69, 9.17) is 9.47 Å². The van der Waals surface area contributed by atoms with E-state index >= 15 is 0 Å². The summed E-state index contributed by atoms with van der Waals surface area (Å²) >= 11 is 0. The number of rotatable bonds is 5. The molecule has 8 heteroatoms. The summed E-state index contributed by atoms with van der Waals surface area (Å²) in [5, 5.41) is 2.95. The van der Waals surface area contributed by atoms with E-state index in [1.807, 2.05) is 30.3 Å². The topological polar surface area (TPSA) is 113 Å². The minimum atomic E-state index is -0.721. The van der Waals surface area contributed by atoms with Crippen LogP contribution in [0.3, 0.4) is 0 Å². The number of carbonyl (C=O) groups is 1. The Morgan fingerprint density at radius 2 is 1.65 bits per heavy atom. The van der Waals surface area contributed by atoms with Crippen molar-refractivity contribution in [2.45, 2.75) is 19.8 Å². The lowest BCUT2D eigenvalue weighted by molar-refractivity contribution is -0.138. The van der Waals surface area contributed by atoms with Crippen LogP contribution in [0.2, 0.25) is 0 Å². The largest absolute Gasteiger partial charge is 0.463 e. The maximum atomic E-state index is 12.8. The van der Waals surface area contributed by atoms with E-state index in [9.17, 15) is 14.4 Å². The molecule has 0 radical (unpaired) electrons. The Labute approximate surface area is 177 Å². The van der Waals surface area contributed by atoms with Gasteiger partial charge < -0.3 is 14.8 Å². The highest BCUT2D eigenvalue weighted by molar-refractivity contribution is 5.94. The van der Waals surface area contributed by atoms with Gasteiger partial charge in [0, 0.05) is 5.70 Å². The van der Waals surface area contributed by atoms with Gasteiger partial charge in [-0.05, 0) is 43.7 Å². The predicted octanol–water partition coefficient (Wildman–Crippen LogP) is 3.25. The van der Waals surface area contributed by atoms with Gasteiger partial charge >= 0.3 is 11.7 Å². The van der Waals surface area contributed by atoms with Crippen LogP contribution in [0, 0.1) is 0 Å². The molecule has 4 rings (SSSR count). The second-order valence-corrected chi connectivity index (χ2v) is 7.00. The Bertz CT molecular complexity index is 1260. The number of allylic oxidation sites excluding steroid dienone is 1. The number of anilines is 1. The van der Waals surface area contributed by atoms with Gasteiger partial charge in [-0.25, -0.2) is 9.59 Å². The number of ether oxygens (including phenoxy) is 2. The van der Waals surface area contributed by atoms with Crippen molar-refractivity contribution in [3.63, 3.8) is 0 Å². The lowest BCUT2D eigenvalue weighted by atomic mass is 9.82. The quantitative estimate of drug-likeness (QED) is 0.547. The van der Waals surface area contributed by atoms with Crippen LogP contribution >= 0.6 is 0 Å². The van der Waals surface area contributed by atoms with Crippen LogP contribution in [0.5, 0.6) is 11.5 Å². The maximum Gasteiger partial charge on any atom is 0.336 e. The molecule has 0 fully saturated rings. The van der Waals surface area contributed by atoms with E-state index in [2.05, 4.69) is 15.3 Å². The number of esters is 1. The fourth-order valence-corrected chi connectivity index (χ4v) is 3.65. The maximum absolute atomic E-state index is 12.8. The van der Waals surface area contributed by atoms with E-state index in [0.717, 1.165) is 0 Å². The molecule has 0 spiro atoms. The smallest absolute Gasteiger partial charge is 0.336 e. The molecule has 158 valence electrons. The number of H-pyrrole nitrogens is 2. The van der Waals surface area contributed by atoms with Crippen molar-refractivity contribution < 1.29 is 14.3 Å². The Hall–Kier alpha value is -4.07. The highest BCUT2D eigenvalue weighted by Gasteiger charge is 2.35. The van der Waals surface area contributed by atoms with Crippen molar-refractivity contribution in [1.29, 1.82) is 0 Å². The molecule has 0 amide bonds. The average Bonchev–Trinajstić information content (AvgIpc) is 2.74. The number of hydrogen-bond acceptors (Lipinski definition) is 6. The van der Waals surface area contributed by atoms with Gasteiger partial charge in [-0.15, -0.1) is 0 Å². The van der Waals surface area contributed by atoms with Gasteiger partial charge in [0.25, 0.3) is 5.56 Å². The lowest BCUT2D eigenvalue weighted by Crippen LogP contribution is -2.34. The van der Waals surface area contributed by atoms with E-state index in [1.54, 1.807) is 38.1 Å². The van der Waals surface area contributed by atoms with Gasteiger partial charge in [0.2, 0.25) is 0 Å². The first-order valence-corrected chi connectivity index (χ1v) is 9.82.